The lowest BCUT2D eigenvalue weighted by Crippen LogP contribution is -2.39. The van der Waals surface area contributed by atoms with Gasteiger partial charge in [-0.05, 0) is 12.8 Å². The molecule has 1 saturated carbocycles. The molecule has 0 saturated heterocycles. The summed E-state index contributed by atoms with van der Waals surface area (Å²) in [4.78, 5) is 4.07. The molecule has 2 N–H and O–H groups in total. The second kappa shape index (κ2) is 9.78. The molecule has 0 unspecified atom stereocenters. The molecule has 4 nitrogen and oxygen atoms in total. The Hall–Kier alpha value is -1.21. The average molecular weight is 251 g/mol. The highest BCUT2D eigenvalue weighted by molar-refractivity contribution is 5.79. The Balaban J connectivity index is 2.07. The van der Waals surface area contributed by atoms with Crippen molar-refractivity contribution in [2.45, 2.75) is 44.6 Å². The fourth-order valence-electron chi connectivity index (χ4n) is 2.16. The molecule has 0 bridgehead atoms. The Morgan fingerprint density at radius 2 is 2.00 bits per heavy atom. The maximum atomic E-state index is 5.88. The first-order valence-corrected chi connectivity index (χ1v) is 6.86. The monoisotopic (exact) mass is 251 g/mol. The second-order valence-corrected chi connectivity index (χ2v) is 4.54. The Kier molecular flexibility index (Phi) is 8.07. The van der Waals surface area contributed by atoms with Gasteiger partial charge in [0.15, 0.2) is 5.96 Å². The van der Waals surface area contributed by atoms with Gasteiger partial charge < -0.3 is 15.4 Å². The molecular weight excluding hydrogens is 226 g/mol. The number of aliphatic imine (C=N–C) groups is 1. The molecular formula is C14H25N3O. The molecule has 0 radical (unpaired) electrons. The number of guanidine groups is 1. The third-order valence-electron chi connectivity index (χ3n) is 3.13. The third kappa shape index (κ3) is 6.51. The number of nitrogens with one attached hydrogen (secondary N) is 2. The highest BCUT2D eigenvalue weighted by atomic mass is 16.5. The zero-order chi connectivity index (χ0) is 13.1. The summed E-state index contributed by atoms with van der Waals surface area (Å²) in [5, 5.41) is 6.19. The van der Waals surface area contributed by atoms with Gasteiger partial charge in [0.2, 0.25) is 0 Å². The van der Waals surface area contributed by atoms with Crippen LogP contribution in [0.5, 0.6) is 0 Å². The number of rotatable bonds is 5. The second-order valence-electron chi connectivity index (χ2n) is 4.54. The molecule has 0 aromatic heterocycles. The summed E-state index contributed by atoms with van der Waals surface area (Å²) in [5.74, 6) is 3.25. The van der Waals surface area contributed by atoms with E-state index in [0.29, 0.717) is 12.6 Å². The zero-order valence-electron chi connectivity index (χ0n) is 11.4. The number of hydrogen-bond donors (Lipinski definition) is 2. The summed E-state index contributed by atoms with van der Waals surface area (Å²) < 4.78 is 5.88. The van der Waals surface area contributed by atoms with E-state index < -0.39 is 0 Å². The van der Waals surface area contributed by atoms with Crippen LogP contribution in [0, 0.1) is 12.3 Å². The normalized spacial score (nSPS) is 17.9. The van der Waals surface area contributed by atoms with Gasteiger partial charge >= 0.3 is 0 Å². The van der Waals surface area contributed by atoms with Gasteiger partial charge in [0.05, 0.1) is 19.3 Å². The van der Waals surface area contributed by atoms with Crippen LogP contribution in [0.15, 0.2) is 4.99 Å². The zero-order valence-corrected chi connectivity index (χ0v) is 11.4. The van der Waals surface area contributed by atoms with E-state index in [9.17, 15) is 0 Å². The van der Waals surface area contributed by atoms with Crippen LogP contribution in [0.4, 0.5) is 0 Å². The molecule has 1 aliphatic carbocycles. The topological polar surface area (TPSA) is 45.7 Å². The Morgan fingerprint density at radius 3 is 2.61 bits per heavy atom. The molecule has 0 heterocycles. The van der Waals surface area contributed by atoms with Gasteiger partial charge in [-0.25, -0.2) is 0 Å². The third-order valence-corrected chi connectivity index (χ3v) is 3.13. The van der Waals surface area contributed by atoms with Gasteiger partial charge in [-0.1, -0.05) is 31.6 Å². The minimum Gasteiger partial charge on any atom is -0.376 e. The van der Waals surface area contributed by atoms with Crippen LogP contribution in [0.2, 0.25) is 0 Å². The number of hydrogen-bond acceptors (Lipinski definition) is 2. The molecule has 0 aromatic carbocycles. The van der Waals surface area contributed by atoms with Crippen molar-refractivity contribution >= 4 is 5.96 Å². The molecule has 0 aliphatic heterocycles. The maximum Gasteiger partial charge on any atom is 0.191 e. The predicted octanol–water partition coefficient (Wildman–Crippen LogP) is 1.52. The first-order chi connectivity index (χ1) is 8.86. The van der Waals surface area contributed by atoms with E-state index in [1.165, 1.54) is 38.5 Å². The van der Waals surface area contributed by atoms with E-state index >= 15 is 0 Å². The van der Waals surface area contributed by atoms with Gasteiger partial charge in [0.25, 0.3) is 0 Å². The number of ether oxygens (including phenoxy) is 1. The van der Waals surface area contributed by atoms with Crippen molar-refractivity contribution in [2.24, 2.45) is 4.99 Å². The quantitative estimate of drug-likeness (QED) is 0.256. The molecule has 1 aliphatic rings. The largest absolute Gasteiger partial charge is 0.376 e. The fourth-order valence-corrected chi connectivity index (χ4v) is 2.16. The van der Waals surface area contributed by atoms with Gasteiger partial charge in [0, 0.05) is 13.6 Å². The molecule has 18 heavy (non-hydrogen) atoms. The maximum absolute atomic E-state index is 5.88. The Labute approximate surface area is 111 Å². The number of terminal acetylenes is 1. The smallest absolute Gasteiger partial charge is 0.191 e. The number of nitrogens with zero attached hydrogens (tertiary/aromatic N) is 1. The van der Waals surface area contributed by atoms with Gasteiger partial charge in [-0.3, -0.25) is 4.99 Å². The van der Waals surface area contributed by atoms with Gasteiger partial charge in [0.1, 0.15) is 0 Å². The van der Waals surface area contributed by atoms with Gasteiger partial charge in [-0.2, -0.15) is 0 Å². The lowest BCUT2D eigenvalue weighted by atomic mass is 10.1. The van der Waals surface area contributed by atoms with Crippen molar-refractivity contribution in [1.29, 1.82) is 0 Å². The summed E-state index contributed by atoms with van der Waals surface area (Å²) >= 11 is 0. The van der Waals surface area contributed by atoms with Crippen molar-refractivity contribution in [3.63, 3.8) is 0 Å². The molecule has 102 valence electrons. The van der Waals surface area contributed by atoms with E-state index in [0.717, 1.165) is 19.1 Å². The van der Waals surface area contributed by atoms with Crippen molar-refractivity contribution in [2.75, 3.05) is 26.7 Å². The highest BCUT2D eigenvalue weighted by Crippen LogP contribution is 2.19. The van der Waals surface area contributed by atoms with Crippen molar-refractivity contribution in [3.8, 4) is 12.3 Å². The summed E-state index contributed by atoms with van der Waals surface area (Å²) in [6.45, 7) is 1.98. The molecule has 0 atom stereocenters. The standard InChI is InChI=1S/C14H25N3O/c1-3-10-16-14(15-2)17-11-12-18-13-8-6-4-5-7-9-13/h1,13H,4-12H2,2H3,(H2,15,16,17). The summed E-state index contributed by atoms with van der Waals surface area (Å²) in [7, 11) is 1.73. The lowest BCUT2D eigenvalue weighted by Gasteiger charge is -2.16. The van der Waals surface area contributed by atoms with Crippen molar-refractivity contribution in [1.82, 2.24) is 10.6 Å². The van der Waals surface area contributed by atoms with Crippen LogP contribution < -0.4 is 10.6 Å². The van der Waals surface area contributed by atoms with Crippen LogP contribution >= 0.6 is 0 Å². The molecule has 0 aromatic rings. The molecule has 1 fully saturated rings. The molecule has 0 amide bonds. The first-order valence-electron chi connectivity index (χ1n) is 6.86. The fraction of sp³-hybridized carbons (Fsp3) is 0.786. The van der Waals surface area contributed by atoms with Crippen LogP contribution in [0.25, 0.3) is 0 Å². The predicted molar refractivity (Wildman–Crippen MR) is 75.6 cm³/mol. The van der Waals surface area contributed by atoms with Crippen LogP contribution in [0.3, 0.4) is 0 Å². The van der Waals surface area contributed by atoms with E-state index in [-0.39, 0.29) is 0 Å². The summed E-state index contributed by atoms with van der Waals surface area (Å²) in [5.41, 5.74) is 0. The Morgan fingerprint density at radius 1 is 1.28 bits per heavy atom. The highest BCUT2D eigenvalue weighted by Gasteiger charge is 2.11. The van der Waals surface area contributed by atoms with E-state index in [1.54, 1.807) is 7.05 Å². The average Bonchev–Trinajstić information content (AvgIpc) is 2.66. The minimum absolute atomic E-state index is 0.454. The first kappa shape index (κ1) is 14.8. The molecule has 1 rings (SSSR count). The molecule has 4 heteroatoms. The van der Waals surface area contributed by atoms with E-state index in [4.69, 9.17) is 11.2 Å². The van der Waals surface area contributed by atoms with Crippen molar-refractivity contribution < 1.29 is 4.74 Å². The SMILES string of the molecule is C#CCNC(=NC)NCCOC1CCCCCC1. The van der Waals surface area contributed by atoms with Gasteiger partial charge in [-0.15, -0.1) is 6.42 Å². The van der Waals surface area contributed by atoms with Crippen molar-refractivity contribution in [3.05, 3.63) is 0 Å². The molecule has 0 spiro atoms. The Bertz CT molecular complexity index is 275. The minimum atomic E-state index is 0.454. The van der Waals surface area contributed by atoms with E-state index in [2.05, 4.69) is 21.5 Å². The summed E-state index contributed by atoms with van der Waals surface area (Å²) in [6, 6.07) is 0. The van der Waals surface area contributed by atoms with Crippen LogP contribution in [0.1, 0.15) is 38.5 Å². The van der Waals surface area contributed by atoms with E-state index in [1.807, 2.05) is 0 Å². The van der Waals surface area contributed by atoms with Crippen LogP contribution in [-0.2, 0) is 4.74 Å². The summed E-state index contributed by atoms with van der Waals surface area (Å²) in [6.07, 6.45) is 13.4. The lowest BCUT2D eigenvalue weighted by molar-refractivity contribution is 0.0468. The van der Waals surface area contributed by atoms with Crippen LogP contribution in [-0.4, -0.2) is 38.8 Å².